The topological polar surface area (TPSA) is 58.6 Å². The molecule has 0 bridgehead atoms. The number of nitrogens with one attached hydrogen (secondary N) is 1. The third kappa shape index (κ3) is 2.32. The molecule has 1 aromatic carbocycles. The predicted molar refractivity (Wildman–Crippen MR) is 79.1 cm³/mol. The number of carbonyl (C=O) groups excluding carboxylic acids is 1. The van der Waals surface area contributed by atoms with Crippen molar-refractivity contribution < 1.29 is 14.6 Å². The third-order valence-electron chi connectivity index (χ3n) is 3.94. The number of hydrogen-bond donors (Lipinski definition) is 2. The van der Waals surface area contributed by atoms with Crippen LogP contribution in [0.5, 0.6) is 0 Å². The van der Waals surface area contributed by atoms with Crippen molar-refractivity contribution in [3.05, 3.63) is 35.2 Å². The molecule has 0 spiro atoms. The van der Waals surface area contributed by atoms with Crippen LogP contribution >= 0.6 is 11.3 Å². The van der Waals surface area contributed by atoms with E-state index in [2.05, 4.69) is 5.32 Å². The number of amides is 1. The highest BCUT2D eigenvalue weighted by Gasteiger charge is 2.39. The second-order valence-corrected chi connectivity index (χ2v) is 6.11. The van der Waals surface area contributed by atoms with Gasteiger partial charge in [-0.25, -0.2) is 0 Å². The minimum atomic E-state index is -0.957. The van der Waals surface area contributed by atoms with Crippen molar-refractivity contribution in [1.29, 1.82) is 0 Å². The number of hydrogen-bond acceptors (Lipinski definition) is 4. The standard InChI is InChI=1S/C15H17NO3S/c1-10-15(18,6-7-19-10)9-16-14(17)12-8-20-13-5-3-2-4-11(12)13/h2-5,8,10,18H,6-7,9H2,1H3,(H,16,17). The normalized spacial score (nSPS) is 26.0. The summed E-state index contributed by atoms with van der Waals surface area (Å²) in [4.78, 5) is 12.3. The van der Waals surface area contributed by atoms with E-state index in [1.54, 1.807) is 11.3 Å². The van der Waals surface area contributed by atoms with Gasteiger partial charge < -0.3 is 15.2 Å². The number of carbonyl (C=O) groups is 1. The zero-order chi connectivity index (χ0) is 14.2. The Bertz CT molecular complexity index is 639. The van der Waals surface area contributed by atoms with Gasteiger partial charge in [0, 0.05) is 35.0 Å². The van der Waals surface area contributed by atoms with Gasteiger partial charge in [-0.15, -0.1) is 11.3 Å². The molecule has 2 N–H and O–H groups in total. The van der Waals surface area contributed by atoms with Crippen LogP contribution in [-0.2, 0) is 4.74 Å². The van der Waals surface area contributed by atoms with Crippen LogP contribution in [0.3, 0.4) is 0 Å². The van der Waals surface area contributed by atoms with E-state index >= 15 is 0 Å². The molecule has 2 unspecified atom stereocenters. The van der Waals surface area contributed by atoms with Gasteiger partial charge in [-0.1, -0.05) is 18.2 Å². The second-order valence-electron chi connectivity index (χ2n) is 5.19. The molecule has 1 aliphatic heterocycles. The zero-order valence-electron chi connectivity index (χ0n) is 11.3. The third-order valence-corrected chi connectivity index (χ3v) is 4.90. The summed E-state index contributed by atoms with van der Waals surface area (Å²) >= 11 is 1.55. The Balaban J connectivity index is 1.74. The van der Waals surface area contributed by atoms with Crippen molar-refractivity contribution in [3.8, 4) is 0 Å². The Morgan fingerprint density at radius 1 is 1.55 bits per heavy atom. The molecule has 2 heterocycles. The van der Waals surface area contributed by atoms with E-state index < -0.39 is 5.60 Å². The molecular formula is C15H17NO3S. The fourth-order valence-electron chi connectivity index (χ4n) is 2.49. The summed E-state index contributed by atoms with van der Waals surface area (Å²) in [5.74, 6) is -0.144. The van der Waals surface area contributed by atoms with Crippen molar-refractivity contribution in [2.24, 2.45) is 0 Å². The van der Waals surface area contributed by atoms with Crippen LogP contribution in [0.2, 0.25) is 0 Å². The van der Waals surface area contributed by atoms with E-state index in [0.717, 1.165) is 10.1 Å². The maximum Gasteiger partial charge on any atom is 0.252 e. The van der Waals surface area contributed by atoms with Gasteiger partial charge >= 0.3 is 0 Å². The van der Waals surface area contributed by atoms with Crippen LogP contribution < -0.4 is 5.32 Å². The fraction of sp³-hybridized carbons (Fsp3) is 0.400. The molecule has 1 aliphatic rings. The summed E-state index contributed by atoms with van der Waals surface area (Å²) in [5.41, 5.74) is -0.289. The molecule has 2 aromatic rings. The summed E-state index contributed by atoms with van der Waals surface area (Å²) in [6.45, 7) is 2.59. The molecule has 1 fully saturated rings. The number of thiophene rings is 1. The van der Waals surface area contributed by atoms with Crippen molar-refractivity contribution in [1.82, 2.24) is 5.32 Å². The summed E-state index contributed by atoms with van der Waals surface area (Å²) < 4.78 is 6.45. The highest BCUT2D eigenvalue weighted by Crippen LogP contribution is 2.27. The maximum absolute atomic E-state index is 12.3. The molecule has 1 aromatic heterocycles. The van der Waals surface area contributed by atoms with Gasteiger partial charge in [0.15, 0.2) is 0 Å². The molecule has 20 heavy (non-hydrogen) atoms. The quantitative estimate of drug-likeness (QED) is 0.911. The molecule has 2 atom stereocenters. The lowest BCUT2D eigenvalue weighted by Gasteiger charge is -2.26. The van der Waals surface area contributed by atoms with E-state index in [1.807, 2.05) is 36.6 Å². The Labute approximate surface area is 121 Å². The van der Waals surface area contributed by atoms with Gasteiger partial charge in [-0.05, 0) is 13.0 Å². The molecule has 3 rings (SSSR count). The number of benzene rings is 1. The first-order valence-corrected chi connectivity index (χ1v) is 7.56. The van der Waals surface area contributed by atoms with Crippen molar-refractivity contribution >= 4 is 27.3 Å². The SMILES string of the molecule is CC1OCCC1(O)CNC(=O)c1csc2ccccc12. The van der Waals surface area contributed by atoms with Gasteiger partial charge in [0.05, 0.1) is 11.7 Å². The Morgan fingerprint density at radius 2 is 2.35 bits per heavy atom. The van der Waals surface area contributed by atoms with Gasteiger partial charge in [0.2, 0.25) is 0 Å². The van der Waals surface area contributed by atoms with Crippen LogP contribution in [0.15, 0.2) is 29.6 Å². The van der Waals surface area contributed by atoms with Gasteiger partial charge in [0.1, 0.15) is 5.60 Å². The number of rotatable bonds is 3. The number of aliphatic hydroxyl groups is 1. The molecule has 1 amide bonds. The van der Waals surface area contributed by atoms with Crippen LogP contribution in [-0.4, -0.2) is 35.9 Å². The van der Waals surface area contributed by atoms with Gasteiger partial charge in [0.25, 0.3) is 5.91 Å². The monoisotopic (exact) mass is 291 g/mol. The van der Waals surface area contributed by atoms with Crippen LogP contribution in [0.4, 0.5) is 0 Å². The largest absolute Gasteiger partial charge is 0.385 e. The Kier molecular flexibility index (Phi) is 3.50. The fourth-order valence-corrected chi connectivity index (χ4v) is 3.43. The van der Waals surface area contributed by atoms with E-state index in [1.165, 1.54) is 0 Å². The molecule has 106 valence electrons. The summed E-state index contributed by atoms with van der Waals surface area (Å²) in [7, 11) is 0. The summed E-state index contributed by atoms with van der Waals surface area (Å²) in [6, 6.07) is 7.82. The lowest BCUT2D eigenvalue weighted by molar-refractivity contribution is -0.0251. The molecule has 1 saturated heterocycles. The first kappa shape index (κ1) is 13.5. The Morgan fingerprint density at radius 3 is 3.10 bits per heavy atom. The first-order chi connectivity index (χ1) is 9.60. The first-order valence-electron chi connectivity index (χ1n) is 6.68. The minimum Gasteiger partial charge on any atom is -0.385 e. The highest BCUT2D eigenvalue weighted by molar-refractivity contribution is 7.17. The smallest absolute Gasteiger partial charge is 0.252 e. The van der Waals surface area contributed by atoms with E-state index in [0.29, 0.717) is 18.6 Å². The molecule has 0 saturated carbocycles. The Hall–Kier alpha value is -1.43. The van der Waals surface area contributed by atoms with Crippen LogP contribution in [0.1, 0.15) is 23.7 Å². The predicted octanol–water partition coefficient (Wildman–Crippen LogP) is 2.17. The minimum absolute atomic E-state index is 0.144. The van der Waals surface area contributed by atoms with Crippen LogP contribution in [0, 0.1) is 0 Å². The van der Waals surface area contributed by atoms with E-state index in [9.17, 15) is 9.90 Å². The lowest BCUT2D eigenvalue weighted by Crippen LogP contribution is -2.47. The highest BCUT2D eigenvalue weighted by atomic mass is 32.1. The average Bonchev–Trinajstić information content (AvgIpc) is 3.01. The second kappa shape index (κ2) is 5.16. The van der Waals surface area contributed by atoms with Gasteiger partial charge in [-0.3, -0.25) is 4.79 Å². The van der Waals surface area contributed by atoms with Crippen molar-refractivity contribution in [3.63, 3.8) is 0 Å². The zero-order valence-corrected chi connectivity index (χ0v) is 12.1. The van der Waals surface area contributed by atoms with E-state index in [4.69, 9.17) is 4.74 Å². The molecule has 0 radical (unpaired) electrons. The van der Waals surface area contributed by atoms with Crippen LogP contribution in [0.25, 0.3) is 10.1 Å². The van der Waals surface area contributed by atoms with Crippen molar-refractivity contribution in [2.75, 3.05) is 13.2 Å². The molecule has 0 aliphatic carbocycles. The molecule has 5 heteroatoms. The molecule has 4 nitrogen and oxygen atoms in total. The number of ether oxygens (including phenoxy) is 1. The number of fused-ring (bicyclic) bond motifs is 1. The summed E-state index contributed by atoms with van der Waals surface area (Å²) in [5, 5.41) is 16.0. The molecular weight excluding hydrogens is 274 g/mol. The van der Waals surface area contributed by atoms with Gasteiger partial charge in [-0.2, -0.15) is 0 Å². The van der Waals surface area contributed by atoms with E-state index in [-0.39, 0.29) is 18.6 Å². The van der Waals surface area contributed by atoms with Crippen molar-refractivity contribution in [2.45, 2.75) is 25.0 Å². The maximum atomic E-state index is 12.3. The summed E-state index contributed by atoms with van der Waals surface area (Å²) in [6.07, 6.45) is 0.306. The average molecular weight is 291 g/mol. The lowest BCUT2D eigenvalue weighted by atomic mass is 9.96.